The molecule has 2 N–H and O–H groups in total. The van der Waals surface area contributed by atoms with Gasteiger partial charge in [0.15, 0.2) is 11.5 Å². The quantitative estimate of drug-likeness (QED) is 0.574. The van der Waals surface area contributed by atoms with Gasteiger partial charge in [-0.1, -0.05) is 6.07 Å². The van der Waals surface area contributed by atoms with Crippen LogP contribution in [-0.2, 0) is 6.54 Å². The Hall–Kier alpha value is -3.19. The summed E-state index contributed by atoms with van der Waals surface area (Å²) in [5, 5.41) is 11.7. The van der Waals surface area contributed by atoms with Crippen molar-refractivity contribution in [1.29, 1.82) is 0 Å². The molecule has 4 aromatic rings. The second kappa shape index (κ2) is 6.74. The summed E-state index contributed by atoms with van der Waals surface area (Å²) in [5.74, 6) is 0.384. The van der Waals surface area contributed by atoms with Crippen LogP contribution in [0, 0.1) is 0 Å². The van der Waals surface area contributed by atoms with Crippen LogP contribution in [0.15, 0.2) is 64.9 Å². The summed E-state index contributed by atoms with van der Waals surface area (Å²) in [6.07, 6.45) is 5.14. The van der Waals surface area contributed by atoms with E-state index >= 15 is 0 Å². The van der Waals surface area contributed by atoms with Crippen LogP contribution in [0.25, 0.3) is 21.9 Å². The van der Waals surface area contributed by atoms with Crippen LogP contribution in [0.3, 0.4) is 0 Å². The monoisotopic (exact) mass is 350 g/mol. The molecule has 4 rings (SSSR count). The smallest absolute Gasteiger partial charge is 0.272 e. The summed E-state index contributed by atoms with van der Waals surface area (Å²) in [4.78, 5) is 17.7. The molecule has 0 atom stereocenters. The van der Waals surface area contributed by atoms with E-state index < -0.39 is 0 Å². The molecular formula is C18H14N4O2S. The minimum absolute atomic E-state index is 0.254. The molecule has 0 aromatic carbocycles. The average Bonchev–Trinajstić information content (AvgIpc) is 3.41. The van der Waals surface area contributed by atoms with Crippen molar-refractivity contribution in [2.45, 2.75) is 6.54 Å². The van der Waals surface area contributed by atoms with E-state index in [0.717, 1.165) is 16.0 Å². The molecule has 4 heterocycles. The van der Waals surface area contributed by atoms with Gasteiger partial charge in [-0.25, -0.2) is 0 Å². The van der Waals surface area contributed by atoms with E-state index in [9.17, 15) is 4.79 Å². The molecule has 0 bridgehead atoms. The molecule has 0 aliphatic carbocycles. The predicted octanol–water partition coefficient (Wildman–Crippen LogP) is 3.72. The second-order valence-corrected chi connectivity index (χ2v) is 6.33. The van der Waals surface area contributed by atoms with Crippen molar-refractivity contribution in [1.82, 2.24) is 20.5 Å². The maximum absolute atomic E-state index is 12.3. The SMILES string of the molecule is O=C(NCc1cncc(-c2cccs2)c1)c1cc(-c2ccco2)[nH]n1. The van der Waals surface area contributed by atoms with Crippen LogP contribution in [0.5, 0.6) is 0 Å². The number of amides is 1. The van der Waals surface area contributed by atoms with Gasteiger partial charge in [0.2, 0.25) is 0 Å². The van der Waals surface area contributed by atoms with E-state index in [1.54, 1.807) is 42.0 Å². The van der Waals surface area contributed by atoms with E-state index in [1.165, 1.54) is 0 Å². The highest BCUT2D eigenvalue weighted by Gasteiger charge is 2.12. The van der Waals surface area contributed by atoms with E-state index in [-0.39, 0.29) is 5.91 Å². The fourth-order valence-electron chi connectivity index (χ4n) is 2.43. The Morgan fingerprint density at radius 3 is 3.00 bits per heavy atom. The van der Waals surface area contributed by atoms with Crippen LogP contribution < -0.4 is 5.32 Å². The molecule has 0 spiro atoms. The van der Waals surface area contributed by atoms with E-state index in [0.29, 0.717) is 23.7 Å². The number of aromatic amines is 1. The summed E-state index contributed by atoms with van der Waals surface area (Å²) in [7, 11) is 0. The Morgan fingerprint density at radius 2 is 2.20 bits per heavy atom. The largest absolute Gasteiger partial charge is 0.463 e. The third kappa shape index (κ3) is 3.36. The van der Waals surface area contributed by atoms with Gasteiger partial charge in [0.25, 0.3) is 5.91 Å². The zero-order chi connectivity index (χ0) is 17.1. The first kappa shape index (κ1) is 15.3. The maximum Gasteiger partial charge on any atom is 0.272 e. The first-order chi connectivity index (χ1) is 12.3. The Morgan fingerprint density at radius 1 is 1.24 bits per heavy atom. The van der Waals surface area contributed by atoms with E-state index in [4.69, 9.17) is 4.42 Å². The number of carbonyl (C=O) groups excluding carboxylic acids is 1. The Kier molecular flexibility index (Phi) is 4.14. The minimum atomic E-state index is -0.254. The lowest BCUT2D eigenvalue weighted by Crippen LogP contribution is -2.23. The molecular weight excluding hydrogens is 336 g/mol. The number of nitrogens with zero attached hydrogens (tertiary/aromatic N) is 2. The Balaban J connectivity index is 1.43. The van der Waals surface area contributed by atoms with Gasteiger partial charge in [0.1, 0.15) is 5.69 Å². The number of hydrogen-bond donors (Lipinski definition) is 2. The highest BCUT2D eigenvalue weighted by Crippen LogP contribution is 2.24. The summed E-state index contributed by atoms with van der Waals surface area (Å²) in [6.45, 7) is 0.383. The van der Waals surface area contributed by atoms with Crippen molar-refractivity contribution in [3.63, 3.8) is 0 Å². The lowest BCUT2D eigenvalue weighted by Gasteiger charge is -2.05. The standard InChI is InChI=1S/C18H14N4O2S/c23-18(15-8-14(21-22-15)16-3-1-5-24-16)20-10-12-7-13(11-19-9-12)17-4-2-6-25-17/h1-9,11H,10H2,(H,20,23)(H,21,22). The van der Waals surface area contributed by atoms with Crippen LogP contribution in [0.2, 0.25) is 0 Å². The highest BCUT2D eigenvalue weighted by molar-refractivity contribution is 7.13. The van der Waals surface area contributed by atoms with Crippen LogP contribution >= 0.6 is 11.3 Å². The number of furan rings is 1. The zero-order valence-corrected chi connectivity index (χ0v) is 13.9. The minimum Gasteiger partial charge on any atom is -0.463 e. The fraction of sp³-hybridized carbons (Fsp3) is 0.0556. The molecule has 0 aliphatic heterocycles. The lowest BCUT2D eigenvalue weighted by atomic mass is 10.2. The Bertz CT molecular complexity index is 974. The molecule has 124 valence electrons. The first-order valence-electron chi connectivity index (χ1n) is 7.65. The van der Waals surface area contributed by atoms with Crippen molar-refractivity contribution < 1.29 is 9.21 Å². The molecule has 0 saturated carbocycles. The molecule has 0 unspecified atom stereocenters. The highest BCUT2D eigenvalue weighted by atomic mass is 32.1. The van der Waals surface area contributed by atoms with Crippen molar-refractivity contribution in [3.05, 3.63) is 71.7 Å². The number of hydrogen-bond acceptors (Lipinski definition) is 5. The van der Waals surface area contributed by atoms with Gasteiger partial charge in [-0.05, 0) is 35.2 Å². The van der Waals surface area contributed by atoms with E-state index in [1.807, 2.05) is 29.8 Å². The first-order valence-corrected chi connectivity index (χ1v) is 8.53. The number of pyridine rings is 1. The average molecular weight is 350 g/mol. The molecule has 6 nitrogen and oxygen atoms in total. The van der Waals surface area contributed by atoms with Crippen molar-refractivity contribution >= 4 is 17.2 Å². The normalized spacial score (nSPS) is 10.7. The number of aromatic nitrogens is 3. The van der Waals surface area contributed by atoms with Crippen LogP contribution in [0.1, 0.15) is 16.1 Å². The molecule has 0 saturated heterocycles. The summed E-state index contributed by atoms with van der Waals surface area (Å²) < 4.78 is 5.28. The van der Waals surface area contributed by atoms with Gasteiger partial charge < -0.3 is 9.73 Å². The third-order valence-corrected chi connectivity index (χ3v) is 4.57. The summed E-state index contributed by atoms with van der Waals surface area (Å²) >= 11 is 1.66. The van der Waals surface area contributed by atoms with Crippen molar-refractivity contribution in [2.75, 3.05) is 0 Å². The maximum atomic E-state index is 12.3. The number of H-pyrrole nitrogens is 1. The van der Waals surface area contributed by atoms with Gasteiger partial charge in [0, 0.05) is 35.4 Å². The van der Waals surface area contributed by atoms with Crippen LogP contribution in [0.4, 0.5) is 0 Å². The van der Waals surface area contributed by atoms with Gasteiger partial charge in [-0.15, -0.1) is 11.3 Å². The van der Waals surface area contributed by atoms with Gasteiger partial charge in [-0.3, -0.25) is 14.9 Å². The van der Waals surface area contributed by atoms with Crippen molar-refractivity contribution in [3.8, 4) is 21.9 Å². The van der Waals surface area contributed by atoms with E-state index in [2.05, 4.69) is 20.5 Å². The second-order valence-electron chi connectivity index (χ2n) is 5.39. The number of nitrogens with one attached hydrogen (secondary N) is 2. The molecule has 1 amide bonds. The molecule has 0 fully saturated rings. The number of thiophene rings is 1. The van der Waals surface area contributed by atoms with Gasteiger partial charge >= 0.3 is 0 Å². The number of rotatable bonds is 5. The predicted molar refractivity (Wildman–Crippen MR) is 95.0 cm³/mol. The molecule has 0 radical (unpaired) electrons. The van der Waals surface area contributed by atoms with Crippen LogP contribution in [-0.4, -0.2) is 21.1 Å². The summed E-state index contributed by atoms with van der Waals surface area (Å²) in [6, 6.07) is 11.3. The van der Waals surface area contributed by atoms with Crippen molar-refractivity contribution in [2.24, 2.45) is 0 Å². The summed E-state index contributed by atoms with van der Waals surface area (Å²) in [5.41, 5.74) is 2.95. The topological polar surface area (TPSA) is 83.8 Å². The third-order valence-electron chi connectivity index (χ3n) is 3.65. The number of carbonyl (C=O) groups is 1. The zero-order valence-electron chi connectivity index (χ0n) is 13.1. The van der Waals surface area contributed by atoms with Gasteiger partial charge in [-0.2, -0.15) is 5.10 Å². The molecule has 4 aromatic heterocycles. The molecule has 0 aliphatic rings. The van der Waals surface area contributed by atoms with Gasteiger partial charge in [0.05, 0.1) is 6.26 Å². The Labute approximate surface area is 147 Å². The molecule has 25 heavy (non-hydrogen) atoms. The molecule has 7 heteroatoms. The lowest BCUT2D eigenvalue weighted by molar-refractivity contribution is 0.0946. The fourth-order valence-corrected chi connectivity index (χ4v) is 3.14.